The molecule has 0 unspecified atom stereocenters. The molecule has 3 aliphatic rings. The van der Waals surface area contributed by atoms with Crippen LogP contribution in [0.25, 0.3) is 0 Å². The Morgan fingerprint density at radius 3 is 2.28 bits per heavy atom. The summed E-state index contributed by atoms with van der Waals surface area (Å²) in [6.45, 7) is 13.0. The number of β-lactam (4-membered cyclic amide) rings is 1. The lowest BCUT2D eigenvalue weighted by atomic mass is 10.00. The van der Waals surface area contributed by atoms with Gasteiger partial charge in [0.15, 0.2) is 10.8 Å². The number of anilines is 1. The van der Waals surface area contributed by atoms with Gasteiger partial charge in [0.1, 0.15) is 34.0 Å². The molecule has 3 heterocycles. The van der Waals surface area contributed by atoms with Crippen LogP contribution in [0, 0.1) is 0 Å². The number of nitrogens with one attached hydrogen (secondary N) is 2. The third-order valence-corrected chi connectivity index (χ3v) is 9.57. The molecule has 1 aromatic heterocycles. The Labute approximate surface area is 280 Å². The average Bonchev–Trinajstić information content (AvgIpc) is 3.56. The number of esters is 1. The van der Waals surface area contributed by atoms with Crippen molar-refractivity contribution in [3.05, 3.63) is 22.3 Å². The van der Waals surface area contributed by atoms with Crippen LogP contribution in [-0.4, -0.2) is 92.3 Å². The van der Waals surface area contributed by atoms with Crippen LogP contribution in [0.1, 0.15) is 73.9 Å². The van der Waals surface area contributed by atoms with Gasteiger partial charge in [-0.2, -0.15) is 0 Å². The molecule has 46 heavy (non-hydrogen) atoms. The predicted molar refractivity (Wildman–Crippen MR) is 171 cm³/mol. The average molecular weight is 696 g/mol. The third-order valence-electron chi connectivity index (χ3n) is 6.72. The van der Waals surface area contributed by atoms with E-state index in [2.05, 4.69) is 25.4 Å². The summed E-state index contributed by atoms with van der Waals surface area (Å²) in [6.07, 6.45) is 0.665. The number of carbonyl (C=O) groups is 5. The van der Waals surface area contributed by atoms with Gasteiger partial charge >= 0.3 is 26.1 Å². The third kappa shape index (κ3) is 7.63. The van der Waals surface area contributed by atoms with E-state index in [1.54, 1.807) is 41.5 Å². The minimum atomic E-state index is -1.63. The first-order chi connectivity index (χ1) is 21.2. The van der Waals surface area contributed by atoms with Gasteiger partial charge < -0.3 is 24.3 Å². The molecule has 2 aliphatic heterocycles. The Balaban J connectivity index is 1.61. The topological polar surface area (TPSA) is 175 Å². The van der Waals surface area contributed by atoms with Gasteiger partial charge in [-0.3, -0.25) is 19.8 Å². The number of rotatable bonds is 9. The summed E-state index contributed by atoms with van der Waals surface area (Å²) in [5, 5.41) is 10.00. The van der Waals surface area contributed by atoms with E-state index in [0.717, 1.165) is 11.3 Å². The van der Waals surface area contributed by atoms with Crippen LogP contribution in [0.5, 0.6) is 0 Å². The summed E-state index contributed by atoms with van der Waals surface area (Å²) in [6, 6.07) is -1.07. The maximum Gasteiger partial charge on any atom is 0.413 e. The molecule has 2 fully saturated rings. The molecule has 248 valence electrons. The van der Waals surface area contributed by atoms with Crippen molar-refractivity contribution in [3.8, 4) is 0 Å². The van der Waals surface area contributed by atoms with E-state index >= 15 is 0 Å². The highest BCUT2D eigenvalue weighted by molar-refractivity contribution is 8.02. The summed E-state index contributed by atoms with van der Waals surface area (Å²) >= 11 is 8.57. The second kappa shape index (κ2) is 12.7. The number of alkyl halides is 1. The SMILES string of the molecule is [B]OC(=O)C1=C(CCl)C2(CC2)S[C@@H]2[C@H](NC(=O)/C(=N\OC(C)(C)C(=O)OC(C)(C)C)c3csc(NC(=O)OC(C)(C)C)n3)C(=O)N12. The maximum atomic E-state index is 13.8. The van der Waals surface area contributed by atoms with Gasteiger partial charge in [-0.05, 0) is 73.8 Å². The van der Waals surface area contributed by atoms with E-state index in [0.29, 0.717) is 18.4 Å². The fourth-order valence-corrected chi connectivity index (χ4v) is 7.35. The summed E-state index contributed by atoms with van der Waals surface area (Å²) in [7, 11) is 5.17. The van der Waals surface area contributed by atoms with Crippen LogP contribution in [0.2, 0.25) is 0 Å². The van der Waals surface area contributed by atoms with Crippen molar-refractivity contribution in [3.63, 3.8) is 0 Å². The summed E-state index contributed by atoms with van der Waals surface area (Å²) in [5.41, 5.74) is -3.11. The van der Waals surface area contributed by atoms with E-state index in [-0.39, 0.29) is 22.4 Å². The molecule has 3 amide bonds. The van der Waals surface area contributed by atoms with Gasteiger partial charge in [0.25, 0.3) is 11.8 Å². The minimum Gasteiger partial charge on any atom is -0.539 e. The number of amides is 3. The van der Waals surface area contributed by atoms with Gasteiger partial charge in [-0.1, -0.05) is 5.16 Å². The number of thioether (sulfide) groups is 1. The molecule has 18 heteroatoms. The number of ether oxygens (including phenoxy) is 2. The number of thiazole rings is 1. The molecule has 1 saturated heterocycles. The van der Waals surface area contributed by atoms with Crippen LogP contribution in [0.4, 0.5) is 9.93 Å². The van der Waals surface area contributed by atoms with Crippen LogP contribution in [-0.2, 0) is 38.1 Å². The maximum absolute atomic E-state index is 13.8. The molecular formula is C28H35BClN5O9S2. The van der Waals surface area contributed by atoms with Gasteiger partial charge in [0, 0.05) is 16.0 Å². The molecule has 1 spiro atoms. The van der Waals surface area contributed by atoms with E-state index in [4.69, 9.17) is 34.0 Å². The van der Waals surface area contributed by atoms with E-state index in [1.165, 1.54) is 35.9 Å². The largest absolute Gasteiger partial charge is 0.539 e. The predicted octanol–water partition coefficient (Wildman–Crippen LogP) is 3.38. The molecule has 14 nitrogen and oxygen atoms in total. The van der Waals surface area contributed by atoms with Crippen molar-refractivity contribution >= 4 is 83.4 Å². The Morgan fingerprint density at radius 1 is 1.11 bits per heavy atom. The molecule has 2 radical (unpaired) electrons. The normalized spacial score (nSPS) is 20.8. The molecule has 1 aromatic rings. The quantitative estimate of drug-likeness (QED) is 0.0968. The fourth-order valence-electron chi connectivity index (χ4n) is 4.46. The molecule has 4 rings (SSSR count). The van der Waals surface area contributed by atoms with Crippen LogP contribution >= 0.6 is 34.7 Å². The second-order valence-electron chi connectivity index (χ2n) is 13.2. The number of halogens is 1. The van der Waals surface area contributed by atoms with Gasteiger partial charge in [-0.25, -0.2) is 19.4 Å². The molecule has 1 aliphatic carbocycles. The zero-order valence-corrected chi connectivity index (χ0v) is 29.0. The molecule has 2 atom stereocenters. The van der Waals surface area contributed by atoms with Crippen molar-refractivity contribution in [2.75, 3.05) is 11.2 Å². The Kier molecular flexibility index (Phi) is 9.83. The monoisotopic (exact) mass is 695 g/mol. The number of fused-ring (bicyclic) bond motifs is 1. The van der Waals surface area contributed by atoms with E-state index in [1.807, 2.05) is 0 Å². The number of nitrogens with zero attached hydrogens (tertiary/aromatic N) is 3. The van der Waals surface area contributed by atoms with Crippen molar-refractivity contribution in [2.45, 2.75) is 101 Å². The van der Waals surface area contributed by atoms with E-state index in [9.17, 15) is 24.0 Å². The van der Waals surface area contributed by atoms with Crippen molar-refractivity contribution < 1.29 is 42.9 Å². The fraction of sp³-hybridized carbons (Fsp3) is 0.607. The van der Waals surface area contributed by atoms with E-state index < -0.39 is 68.5 Å². The van der Waals surface area contributed by atoms with Crippen molar-refractivity contribution in [1.29, 1.82) is 0 Å². The molecule has 1 saturated carbocycles. The van der Waals surface area contributed by atoms with Crippen LogP contribution in [0.3, 0.4) is 0 Å². The highest BCUT2D eigenvalue weighted by Crippen LogP contribution is 2.62. The van der Waals surface area contributed by atoms with Gasteiger partial charge in [-0.15, -0.1) is 34.7 Å². The van der Waals surface area contributed by atoms with Crippen LogP contribution < -0.4 is 10.6 Å². The number of oxime groups is 1. The highest BCUT2D eigenvalue weighted by Gasteiger charge is 2.63. The lowest BCUT2D eigenvalue weighted by Gasteiger charge is -2.52. The number of aromatic nitrogens is 1. The molecular weight excluding hydrogens is 661 g/mol. The Morgan fingerprint density at radius 2 is 1.74 bits per heavy atom. The lowest BCUT2D eigenvalue weighted by molar-refractivity contribution is -0.179. The Hall–Kier alpha value is -3.31. The van der Waals surface area contributed by atoms with Gasteiger partial charge in [0.2, 0.25) is 5.60 Å². The standard InChI is InChI=1S/C28H35BClN5O9S2/c1-25(2,3)41-22(39)27(7,8)44-34-15(14-12-45-23(31-14)33-24(40)42-26(4,5)6)18(36)32-16-19(37)35-17(21(38)43-29)13(11-30)28(9-10-28)46-20(16)35/h12,16,20H,9-11H2,1-8H3,(H,32,36)(H,31,33,40)/b34-15-/t16-,20-/m1/s1. The molecule has 2 N–H and O–H groups in total. The first-order valence-corrected chi connectivity index (χ1v) is 16.5. The van der Waals surface area contributed by atoms with Crippen molar-refractivity contribution in [2.24, 2.45) is 5.16 Å². The smallest absolute Gasteiger partial charge is 0.413 e. The first kappa shape index (κ1) is 35.5. The number of hydrogen-bond donors (Lipinski definition) is 2. The summed E-state index contributed by atoms with van der Waals surface area (Å²) in [5.74, 6) is -3.11. The minimum absolute atomic E-state index is 0.00394. The zero-order valence-electron chi connectivity index (χ0n) is 26.6. The highest BCUT2D eigenvalue weighted by atomic mass is 35.5. The lowest BCUT2D eigenvalue weighted by Crippen LogP contribution is -2.72. The zero-order chi connectivity index (χ0) is 34.4. The molecule has 0 bridgehead atoms. The number of carbonyl (C=O) groups excluding carboxylic acids is 5. The summed E-state index contributed by atoms with van der Waals surface area (Å²) in [4.78, 5) is 75.9. The summed E-state index contributed by atoms with van der Waals surface area (Å²) < 4.78 is 14.7. The van der Waals surface area contributed by atoms with Crippen molar-refractivity contribution in [1.82, 2.24) is 15.2 Å². The van der Waals surface area contributed by atoms with Gasteiger partial charge in [0.05, 0.1) is 0 Å². The second-order valence-corrected chi connectivity index (χ2v) is 15.9. The number of hydrogen-bond acceptors (Lipinski definition) is 13. The van der Waals surface area contributed by atoms with Crippen LogP contribution in [0.15, 0.2) is 21.8 Å². The molecule has 0 aromatic carbocycles. The Bertz CT molecular complexity index is 1510. The first-order valence-electron chi connectivity index (χ1n) is 14.2.